The number of fused-ring (bicyclic) bond motifs is 1. The summed E-state index contributed by atoms with van der Waals surface area (Å²) in [5.74, 6) is -3.59. The summed E-state index contributed by atoms with van der Waals surface area (Å²) in [7, 11) is 0. The van der Waals surface area contributed by atoms with E-state index < -0.39 is 47.5 Å². The van der Waals surface area contributed by atoms with Gasteiger partial charge in [-0.05, 0) is 13.0 Å². The molecular formula is C14H12N2O8. The van der Waals surface area contributed by atoms with Crippen molar-refractivity contribution in [3.05, 3.63) is 39.4 Å². The monoisotopic (exact) mass is 336 g/mol. The zero-order chi connectivity index (χ0) is 17.9. The molecule has 0 spiro atoms. The Bertz CT molecular complexity index is 742. The molecule has 1 aliphatic heterocycles. The number of hydrogen-bond acceptors (Lipinski definition) is 8. The van der Waals surface area contributed by atoms with Gasteiger partial charge in [-0.25, -0.2) is 4.79 Å². The van der Waals surface area contributed by atoms with Crippen LogP contribution in [0.2, 0.25) is 0 Å². The van der Waals surface area contributed by atoms with Crippen LogP contribution in [0.4, 0.5) is 5.69 Å². The average Bonchev–Trinajstić information content (AvgIpc) is 2.78. The number of esters is 2. The Morgan fingerprint density at radius 2 is 1.88 bits per heavy atom. The summed E-state index contributed by atoms with van der Waals surface area (Å²) in [5, 5.41) is 11.0. The van der Waals surface area contributed by atoms with Crippen molar-refractivity contribution in [2.75, 3.05) is 19.8 Å². The van der Waals surface area contributed by atoms with Crippen LogP contribution < -0.4 is 0 Å². The number of nitro groups is 1. The van der Waals surface area contributed by atoms with Crippen molar-refractivity contribution in [2.45, 2.75) is 6.92 Å². The Balaban J connectivity index is 2.11. The lowest BCUT2D eigenvalue weighted by atomic mass is 10.1. The number of ether oxygens (including phenoxy) is 2. The fraction of sp³-hybridized carbons (Fsp3) is 0.286. The van der Waals surface area contributed by atoms with E-state index in [9.17, 15) is 29.3 Å². The summed E-state index contributed by atoms with van der Waals surface area (Å²) in [6.45, 7) is 0.267. The summed E-state index contributed by atoms with van der Waals surface area (Å²) < 4.78 is 9.16. The molecule has 0 fully saturated rings. The zero-order valence-corrected chi connectivity index (χ0v) is 12.5. The van der Waals surface area contributed by atoms with Gasteiger partial charge in [-0.15, -0.1) is 0 Å². The highest BCUT2D eigenvalue weighted by molar-refractivity contribution is 6.24. The summed E-state index contributed by atoms with van der Waals surface area (Å²) in [5.41, 5.74) is -1.05. The second-order valence-corrected chi connectivity index (χ2v) is 4.62. The molecule has 1 aromatic carbocycles. The number of carbonyl (C=O) groups excluding carboxylic acids is 4. The first-order valence-electron chi connectivity index (χ1n) is 6.81. The highest BCUT2D eigenvalue weighted by atomic mass is 16.6. The molecule has 0 aliphatic carbocycles. The van der Waals surface area contributed by atoms with Crippen LogP contribution in [0.3, 0.4) is 0 Å². The predicted octanol–water partition coefficient (Wildman–Crippen LogP) is 0.297. The normalized spacial score (nSPS) is 12.8. The van der Waals surface area contributed by atoms with Crippen LogP contribution in [0.1, 0.15) is 27.6 Å². The second-order valence-electron chi connectivity index (χ2n) is 4.62. The minimum absolute atomic E-state index is 0.110. The van der Waals surface area contributed by atoms with E-state index in [0.29, 0.717) is 4.90 Å². The SMILES string of the molecule is CCOC(=O)COC(=O)CN1C(=O)c2cccc([N+](=O)[O-])c2C1=O. The third-order valence-corrected chi connectivity index (χ3v) is 3.12. The minimum atomic E-state index is -1.01. The minimum Gasteiger partial charge on any atom is -0.463 e. The van der Waals surface area contributed by atoms with Gasteiger partial charge in [0.2, 0.25) is 0 Å². The van der Waals surface area contributed by atoms with Crippen molar-refractivity contribution in [3.8, 4) is 0 Å². The van der Waals surface area contributed by atoms with Gasteiger partial charge in [-0.2, -0.15) is 0 Å². The molecule has 10 nitrogen and oxygen atoms in total. The van der Waals surface area contributed by atoms with E-state index in [1.54, 1.807) is 6.92 Å². The Morgan fingerprint density at radius 1 is 1.17 bits per heavy atom. The number of hydrogen-bond donors (Lipinski definition) is 0. The van der Waals surface area contributed by atoms with Crippen LogP contribution >= 0.6 is 0 Å². The fourth-order valence-corrected chi connectivity index (χ4v) is 2.13. The molecule has 0 aromatic heterocycles. The molecule has 24 heavy (non-hydrogen) atoms. The molecule has 0 unspecified atom stereocenters. The Hall–Kier alpha value is -3.30. The first kappa shape index (κ1) is 17.1. The molecule has 1 aliphatic rings. The van der Waals surface area contributed by atoms with Gasteiger partial charge in [-0.3, -0.25) is 29.4 Å². The molecule has 0 saturated heterocycles. The van der Waals surface area contributed by atoms with E-state index in [4.69, 9.17) is 0 Å². The van der Waals surface area contributed by atoms with Crippen molar-refractivity contribution >= 4 is 29.4 Å². The molecule has 1 heterocycles. The van der Waals surface area contributed by atoms with E-state index in [1.807, 2.05) is 0 Å². The lowest BCUT2D eigenvalue weighted by Gasteiger charge is -2.12. The van der Waals surface area contributed by atoms with Gasteiger partial charge >= 0.3 is 11.9 Å². The first-order valence-corrected chi connectivity index (χ1v) is 6.81. The molecule has 126 valence electrons. The fourth-order valence-electron chi connectivity index (χ4n) is 2.13. The first-order chi connectivity index (χ1) is 11.4. The topological polar surface area (TPSA) is 133 Å². The summed E-state index contributed by atoms with van der Waals surface area (Å²) in [6, 6.07) is 3.61. The number of benzene rings is 1. The molecular weight excluding hydrogens is 324 g/mol. The molecule has 0 bridgehead atoms. The number of nitrogens with zero attached hydrogens (tertiary/aromatic N) is 2. The third-order valence-electron chi connectivity index (χ3n) is 3.12. The Kier molecular flexibility index (Phi) is 4.87. The van der Waals surface area contributed by atoms with E-state index in [0.717, 1.165) is 6.07 Å². The maximum atomic E-state index is 12.2. The molecule has 2 rings (SSSR count). The van der Waals surface area contributed by atoms with Crippen LogP contribution in [0.5, 0.6) is 0 Å². The van der Waals surface area contributed by atoms with Gasteiger partial charge in [0.25, 0.3) is 17.5 Å². The summed E-state index contributed by atoms with van der Waals surface area (Å²) in [4.78, 5) is 57.8. The molecule has 0 atom stereocenters. The number of amides is 2. The lowest BCUT2D eigenvalue weighted by molar-refractivity contribution is -0.385. The molecule has 1 aromatic rings. The van der Waals surface area contributed by atoms with Gasteiger partial charge in [-0.1, -0.05) is 6.07 Å². The predicted molar refractivity (Wildman–Crippen MR) is 76.1 cm³/mol. The number of carbonyl (C=O) groups is 4. The van der Waals surface area contributed by atoms with Crippen molar-refractivity contribution in [1.82, 2.24) is 4.90 Å². The van der Waals surface area contributed by atoms with Gasteiger partial charge < -0.3 is 9.47 Å². The third kappa shape index (κ3) is 3.21. The smallest absolute Gasteiger partial charge is 0.344 e. The van der Waals surface area contributed by atoms with Gasteiger partial charge in [0.05, 0.1) is 17.1 Å². The van der Waals surface area contributed by atoms with Crippen molar-refractivity contribution in [1.29, 1.82) is 0 Å². The number of imide groups is 1. The van der Waals surface area contributed by atoms with E-state index in [1.165, 1.54) is 12.1 Å². The van der Waals surface area contributed by atoms with Crippen LogP contribution in [0.15, 0.2) is 18.2 Å². The number of rotatable bonds is 6. The van der Waals surface area contributed by atoms with Gasteiger partial charge in [0.1, 0.15) is 12.1 Å². The molecule has 2 amide bonds. The van der Waals surface area contributed by atoms with Crippen LogP contribution in [-0.2, 0) is 19.1 Å². The van der Waals surface area contributed by atoms with E-state index in [-0.39, 0.29) is 17.7 Å². The van der Waals surface area contributed by atoms with Crippen molar-refractivity contribution < 1.29 is 33.6 Å². The molecule has 0 radical (unpaired) electrons. The highest BCUT2D eigenvalue weighted by Gasteiger charge is 2.41. The lowest BCUT2D eigenvalue weighted by Crippen LogP contribution is -2.36. The summed E-state index contributed by atoms with van der Waals surface area (Å²) in [6.07, 6.45) is 0. The number of nitro benzene ring substituents is 1. The van der Waals surface area contributed by atoms with Gasteiger partial charge in [0.15, 0.2) is 6.61 Å². The Morgan fingerprint density at radius 3 is 2.50 bits per heavy atom. The molecule has 0 saturated carbocycles. The second kappa shape index (κ2) is 6.86. The molecule has 10 heteroatoms. The molecule has 0 N–H and O–H groups in total. The van der Waals surface area contributed by atoms with Crippen LogP contribution in [0.25, 0.3) is 0 Å². The van der Waals surface area contributed by atoms with E-state index >= 15 is 0 Å². The van der Waals surface area contributed by atoms with Crippen LogP contribution in [-0.4, -0.2) is 53.3 Å². The zero-order valence-electron chi connectivity index (χ0n) is 12.5. The summed E-state index contributed by atoms with van der Waals surface area (Å²) >= 11 is 0. The van der Waals surface area contributed by atoms with E-state index in [2.05, 4.69) is 9.47 Å². The largest absolute Gasteiger partial charge is 0.463 e. The van der Waals surface area contributed by atoms with Crippen LogP contribution in [0, 0.1) is 10.1 Å². The standard InChI is InChI=1S/C14H12N2O8/c1-2-23-11(18)7-24-10(17)6-15-13(19)8-4-3-5-9(16(21)22)12(8)14(15)20/h3-5H,2,6-7H2,1H3. The quantitative estimate of drug-likeness (QED) is 0.313. The Labute approximate surface area is 135 Å². The van der Waals surface area contributed by atoms with Crippen molar-refractivity contribution in [3.63, 3.8) is 0 Å². The van der Waals surface area contributed by atoms with Crippen molar-refractivity contribution in [2.24, 2.45) is 0 Å². The average molecular weight is 336 g/mol. The maximum Gasteiger partial charge on any atom is 0.344 e. The highest BCUT2D eigenvalue weighted by Crippen LogP contribution is 2.30. The van der Waals surface area contributed by atoms with Gasteiger partial charge in [0, 0.05) is 6.07 Å². The maximum absolute atomic E-state index is 12.2.